The molecule has 66 valence electrons. The lowest BCUT2D eigenvalue weighted by molar-refractivity contribution is 0.233. The molecule has 0 saturated carbocycles. The van der Waals surface area contributed by atoms with Crippen molar-refractivity contribution < 1.29 is 9.57 Å². The first kappa shape index (κ1) is 8.87. The second-order valence-electron chi connectivity index (χ2n) is 2.61. The highest BCUT2D eigenvalue weighted by atomic mass is 16.6. The largest absolute Gasteiger partial charge is 0.497 e. The van der Waals surface area contributed by atoms with E-state index in [1.807, 2.05) is 19.1 Å². The van der Waals surface area contributed by atoms with Crippen LogP contribution in [0.5, 0.6) is 0 Å². The lowest BCUT2D eigenvalue weighted by atomic mass is 10.2. The van der Waals surface area contributed by atoms with Gasteiger partial charge in [-0.2, -0.15) is 5.90 Å². The van der Waals surface area contributed by atoms with Crippen LogP contribution in [0.15, 0.2) is 35.3 Å². The average molecular weight is 167 g/mol. The van der Waals surface area contributed by atoms with Gasteiger partial charge in [0.1, 0.15) is 11.5 Å². The van der Waals surface area contributed by atoms with Crippen molar-refractivity contribution in [1.29, 1.82) is 0 Å². The Morgan fingerprint density at radius 3 is 2.75 bits per heavy atom. The number of ether oxygens (including phenoxy) is 1. The number of allylic oxidation sites excluding steroid dienone is 4. The van der Waals surface area contributed by atoms with E-state index in [0.29, 0.717) is 5.76 Å². The Hall–Kier alpha value is -1.22. The molecule has 0 radical (unpaired) electrons. The van der Waals surface area contributed by atoms with Gasteiger partial charge in [0.05, 0.1) is 7.11 Å². The summed E-state index contributed by atoms with van der Waals surface area (Å²) < 4.78 is 5.14. The van der Waals surface area contributed by atoms with Crippen LogP contribution in [-0.4, -0.2) is 7.11 Å². The Morgan fingerprint density at radius 1 is 1.42 bits per heavy atom. The monoisotopic (exact) mass is 167 g/mol. The van der Waals surface area contributed by atoms with Gasteiger partial charge >= 0.3 is 0 Å². The zero-order chi connectivity index (χ0) is 8.97. The van der Waals surface area contributed by atoms with Gasteiger partial charge in [-0.15, -0.1) is 0 Å². The SMILES string of the molecule is COC1=C(C)CC=C(ON)C=C1. The molecule has 12 heavy (non-hydrogen) atoms. The molecule has 0 heterocycles. The maximum absolute atomic E-state index is 5.14. The van der Waals surface area contributed by atoms with Crippen LogP contribution in [-0.2, 0) is 9.57 Å². The van der Waals surface area contributed by atoms with Gasteiger partial charge in [-0.05, 0) is 37.1 Å². The molecule has 0 aliphatic heterocycles. The molecule has 0 aromatic carbocycles. The minimum Gasteiger partial charge on any atom is -0.497 e. The minimum absolute atomic E-state index is 0.668. The second kappa shape index (κ2) is 3.97. The van der Waals surface area contributed by atoms with E-state index in [9.17, 15) is 0 Å². The van der Waals surface area contributed by atoms with Crippen molar-refractivity contribution in [1.82, 2.24) is 0 Å². The van der Waals surface area contributed by atoms with Crippen molar-refractivity contribution in [3.05, 3.63) is 35.3 Å². The lowest BCUT2D eigenvalue weighted by Crippen LogP contribution is -1.95. The van der Waals surface area contributed by atoms with Crippen LogP contribution in [0.25, 0.3) is 0 Å². The molecule has 1 rings (SSSR count). The van der Waals surface area contributed by atoms with Crippen molar-refractivity contribution in [2.75, 3.05) is 7.11 Å². The Kier molecular flexibility index (Phi) is 2.94. The summed E-state index contributed by atoms with van der Waals surface area (Å²) in [6.07, 6.45) is 6.36. The molecular formula is C9H13NO2. The fraction of sp³-hybridized carbons (Fsp3) is 0.333. The molecule has 1 aliphatic rings. The standard InChI is InChI=1S/C9H13NO2/c1-7-3-4-8(12-10)5-6-9(7)11-2/h4-6H,3,10H2,1-2H3. The molecule has 2 N–H and O–H groups in total. The topological polar surface area (TPSA) is 44.5 Å². The maximum Gasteiger partial charge on any atom is 0.143 e. The van der Waals surface area contributed by atoms with E-state index in [2.05, 4.69) is 4.84 Å². The molecule has 0 fully saturated rings. The smallest absolute Gasteiger partial charge is 0.143 e. The molecule has 0 unspecified atom stereocenters. The first-order valence-electron chi connectivity index (χ1n) is 3.76. The molecule has 3 nitrogen and oxygen atoms in total. The minimum atomic E-state index is 0.668. The summed E-state index contributed by atoms with van der Waals surface area (Å²) in [4.78, 5) is 4.60. The maximum atomic E-state index is 5.14. The fourth-order valence-corrected chi connectivity index (χ4v) is 1.05. The third-order valence-electron chi connectivity index (χ3n) is 1.79. The molecule has 1 aliphatic carbocycles. The number of rotatable bonds is 2. The number of nitrogens with two attached hydrogens (primary N) is 1. The fourth-order valence-electron chi connectivity index (χ4n) is 1.05. The lowest BCUT2D eigenvalue weighted by Gasteiger charge is -2.02. The van der Waals surface area contributed by atoms with Crippen LogP contribution in [0.3, 0.4) is 0 Å². The summed E-state index contributed by atoms with van der Waals surface area (Å²) >= 11 is 0. The number of methoxy groups -OCH3 is 1. The van der Waals surface area contributed by atoms with Crippen molar-refractivity contribution >= 4 is 0 Å². The van der Waals surface area contributed by atoms with Gasteiger partial charge in [-0.3, -0.25) is 0 Å². The zero-order valence-corrected chi connectivity index (χ0v) is 7.33. The van der Waals surface area contributed by atoms with Gasteiger partial charge in [0.2, 0.25) is 0 Å². The van der Waals surface area contributed by atoms with Crippen LogP contribution < -0.4 is 5.90 Å². The molecule has 0 saturated heterocycles. The Labute approximate surface area is 72.1 Å². The highest BCUT2D eigenvalue weighted by molar-refractivity contribution is 5.30. The highest BCUT2D eigenvalue weighted by Crippen LogP contribution is 2.17. The number of hydrogen-bond donors (Lipinski definition) is 1. The van der Waals surface area contributed by atoms with Gasteiger partial charge in [-0.1, -0.05) is 0 Å². The average Bonchev–Trinajstić information content (AvgIpc) is 2.27. The molecule has 0 spiro atoms. The van der Waals surface area contributed by atoms with E-state index in [1.54, 1.807) is 13.2 Å². The van der Waals surface area contributed by atoms with E-state index in [1.165, 1.54) is 5.57 Å². The first-order valence-corrected chi connectivity index (χ1v) is 3.76. The predicted octanol–water partition coefficient (Wildman–Crippen LogP) is 1.64. The summed E-state index contributed by atoms with van der Waals surface area (Å²) in [5.74, 6) is 6.57. The molecule has 0 bridgehead atoms. The third-order valence-corrected chi connectivity index (χ3v) is 1.79. The van der Waals surface area contributed by atoms with E-state index >= 15 is 0 Å². The van der Waals surface area contributed by atoms with E-state index in [4.69, 9.17) is 10.6 Å². The zero-order valence-electron chi connectivity index (χ0n) is 7.33. The quantitative estimate of drug-likeness (QED) is 0.636. The molecule has 0 aromatic heterocycles. The van der Waals surface area contributed by atoms with Crippen molar-refractivity contribution in [2.45, 2.75) is 13.3 Å². The highest BCUT2D eigenvalue weighted by Gasteiger charge is 2.03. The Morgan fingerprint density at radius 2 is 2.17 bits per heavy atom. The van der Waals surface area contributed by atoms with Crippen LogP contribution in [0.1, 0.15) is 13.3 Å². The molecule has 3 heteroatoms. The first-order chi connectivity index (χ1) is 5.77. The summed E-state index contributed by atoms with van der Waals surface area (Å²) in [5, 5.41) is 0. The third kappa shape index (κ3) is 1.89. The Balaban J connectivity index is 2.82. The molecule has 0 amide bonds. The second-order valence-corrected chi connectivity index (χ2v) is 2.61. The molecular weight excluding hydrogens is 154 g/mol. The van der Waals surface area contributed by atoms with E-state index < -0.39 is 0 Å². The van der Waals surface area contributed by atoms with Crippen molar-refractivity contribution in [3.63, 3.8) is 0 Å². The summed E-state index contributed by atoms with van der Waals surface area (Å²) in [6, 6.07) is 0. The van der Waals surface area contributed by atoms with Crippen LogP contribution in [0, 0.1) is 0 Å². The molecule has 0 aromatic rings. The van der Waals surface area contributed by atoms with Gasteiger partial charge in [0.25, 0.3) is 0 Å². The predicted molar refractivity (Wildman–Crippen MR) is 46.8 cm³/mol. The molecule has 0 atom stereocenters. The van der Waals surface area contributed by atoms with Crippen molar-refractivity contribution in [2.24, 2.45) is 5.90 Å². The van der Waals surface area contributed by atoms with Gasteiger partial charge in [0, 0.05) is 0 Å². The van der Waals surface area contributed by atoms with Crippen LogP contribution in [0.2, 0.25) is 0 Å². The van der Waals surface area contributed by atoms with Crippen molar-refractivity contribution in [3.8, 4) is 0 Å². The van der Waals surface area contributed by atoms with Gasteiger partial charge in [0.15, 0.2) is 0 Å². The summed E-state index contributed by atoms with van der Waals surface area (Å²) in [7, 11) is 1.65. The van der Waals surface area contributed by atoms with Crippen LogP contribution >= 0.6 is 0 Å². The van der Waals surface area contributed by atoms with Gasteiger partial charge in [-0.25, -0.2) is 0 Å². The van der Waals surface area contributed by atoms with E-state index in [0.717, 1.165) is 12.2 Å². The normalized spacial score (nSPS) is 17.1. The summed E-state index contributed by atoms with van der Waals surface area (Å²) in [5.41, 5.74) is 1.17. The van der Waals surface area contributed by atoms with Crippen LogP contribution in [0.4, 0.5) is 0 Å². The van der Waals surface area contributed by atoms with Gasteiger partial charge < -0.3 is 9.57 Å². The Bertz CT molecular complexity index is 251. The van der Waals surface area contributed by atoms with E-state index in [-0.39, 0.29) is 0 Å². The summed E-state index contributed by atoms with van der Waals surface area (Å²) in [6.45, 7) is 2.01. The number of hydrogen-bond acceptors (Lipinski definition) is 3.